The number of fused-ring (bicyclic) bond motifs is 3. The monoisotopic (exact) mass is 436 g/mol. The normalized spacial score (nSPS) is 17.4. The standard InChI is InChI=1S/C25H28N2O5/c1-3-24(2,22(29)30)26-21(28)14-25(12-13-25)27-23(31)32-15-20-18-10-6-4-8-16(18)17-9-5-7-11-19(17)20/h4-11,20H,3,12-15H2,1-2H3,(H,26,28)(H,27,31)(H,29,30). The van der Waals surface area contributed by atoms with Gasteiger partial charge in [0.25, 0.3) is 0 Å². The van der Waals surface area contributed by atoms with E-state index in [2.05, 4.69) is 34.9 Å². The van der Waals surface area contributed by atoms with E-state index in [0.717, 1.165) is 22.3 Å². The van der Waals surface area contributed by atoms with Crippen molar-refractivity contribution in [3.05, 3.63) is 59.7 Å². The van der Waals surface area contributed by atoms with E-state index in [1.165, 1.54) is 6.92 Å². The second kappa shape index (κ2) is 8.30. The molecule has 32 heavy (non-hydrogen) atoms. The van der Waals surface area contributed by atoms with Crippen molar-refractivity contribution in [2.75, 3.05) is 6.61 Å². The van der Waals surface area contributed by atoms with Gasteiger partial charge in [-0.25, -0.2) is 9.59 Å². The van der Waals surface area contributed by atoms with Gasteiger partial charge in [0.1, 0.15) is 12.1 Å². The minimum absolute atomic E-state index is 0.0278. The average molecular weight is 437 g/mol. The lowest BCUT2D eigenvalue weighted by Crippen LogP contribution is -2.53. The number of alkyl carbamates (subject to hydrolysis) is 1. The van der Waals surface area contributed by atoms with Crippen LogP contribution in [0.4, 0.5) is 4.79 Å². The number of ether oxygens (including phenoxy) is 1. The number of amides is 2. The van der Waals surface area contributed by atoms with Crippen LogP contribution in [0.1, 0.15) is 56.6 Å². The molecule has 0 heterocycles. The first-order valence-electron chi connectivity index (χ1n) is 10.9. The van der Waals surface area contributed by atoms with Crippen LogP contribution < -0.4 is 10.6 Å². The number of carbonyl (C=O) groups excluding carboxylic acids is 2. The molecule has 168 valence electrons. The Labute approximate surface area is 187 Å². The maximum atomic E-state index is 12.6. The first-order valence-corrected chi connectivity index (χ1v) is 10.9. The highest BCUT2D eigenvalue weighted by atomic mass is 16.5. The number of carboxylic acids is 1. The van der Waals surface area contributed by atoms with E-state index < -0.39 is 29.0 Å². The molecule has 1 fully saturated rings. The molecule has 2 aromatic carbocycles. The highest BCUT2D eigenvalue weighted by Gasteiger charge is 2.47. The summed E-state index contributed by atoms with van der Waals surface area (Å²) >= 11 is 0. The first-order chi connectivity index (χ1) is 15.3. The third-order valence-electron chi connectivity index (χ3n) is 6.66. The molecule has 0 spiro atoms. The summed E-state index contributed by atoms with van der Waals surface area (Å²) in [6.45, 7) is 3.39. The first kappa shape index (κ1) is 21.9. The average Bonchev–Trinajstić information content (AvgIpc) is 3.43. The fourth-order valence-electron chi connectivity index (χ4n) is 4.30. The molecule has 2 amide bonds. The Hall–Kier alpha value is -3.35. The smallest absolute Gasteiger partial charge is 0.407 e. The number of hydrogen-bond acceptors (Lipinski definition) is 4. The molecular formula is C25H28N2O5. The van der Waals surface area contributed by atoms with Gasteiger partial charge < -0.3 is 20.5 Å². The lowest BCUT2D eigenvalue weighted by atomic mass is 9.98. The van der Waals surface area contributed by atoms with Gasteiger partial charge in [-0.05, 0) is 48.4 Å². The van der Waals surface area contributed by atoms with E-state index in [-0.39, 0.29) is 25.4 Å². The second-order valence-corrected chi connectivity index (χ2v) is 8.95. The van der Waals surface area contributed by atoms with E-state index in [0.29, 0.717) is 12.8 Å². The van der Waals surface area contributed by atoms with Gasteiger partial charge >= 0.3 is 12.1 Å². The van der Waals surface area contributed by atoms with Crippen molar-refractivity contribution >= 4 is 18.0 Å². The summed E-state index contributed by atoms with van der Waals surface area (Å²) in [7, 11) is 0. The molecule has 7 heteroatoms. The number of carboxylic acid groups (broad SMARTS) is 1. The molecule has 7 nitrogen and oxygen atoms in total. The lowest BCUT2D eigenvalue weighted by Gasteiger charge is -2.26. The number of aliphatic carboxylic acids is 1. The van der Waals surface area contributed by atoms with Crippen molar-refractivity contribution in [1.82, 2.24) is 10.6 Å². The number of carbonyl (C=O) groups is 3. The second-order valence-electron chi connectivity index (χ2n) is 8.95. The van der Waals surface area contributed by atoms with Gasteiger partial charge in [-0.1, -0.05) is 55.5 Å². The Balaban J connectivity index is 1.36. The fourth-order valence-corrected chi connectivity index (χ4v) is 4.30. The molecule has 0 bridgehead atoms. The van der Waals surface area contributed by atoms with Crippen LogP contribution in [-0.4, -0.2) is 40.8 Å². The van der Waals surface area contributed by atoms with Crippen LogP contribution in [0.3, 0.4) is 0 Å². The summed E-state index contributed by atoms with van der Waals surface area (Å²) in [5.41, 5.74) is 2.59. The van der Waals surface area contributed by atoms with Crippen LogP contribution in [0.2, 0.25) is 0 Å². The molecule has 0 aliphatic heterocycles. The molecule has 0 radical (unpaired) electrons. The zero-order chi connectivity index (χ0) is 22.9. The van der Waals surface area contributed by atoms with Gasteiger partial charge in [-0.2, -0.15) is 0 Å². The Kier molecular flexibility index (Phi) is 5.67. The summed E-state index contributed by atoms with van der Waals surface area (Å²) in [6.07, 6.45) is 1.04. The summed E-state index contributed by atoms with van der Waals surface area (Å²) in [5, 5.41) is 14.8. The number of rotatable bonds is 8. The Morgan fingerprint density at radius 2 is 1.62 bits per heavy atom. The Morgan fingerprint density at radius 1 is 1.06 bits per heavy atom. The van der Waals surface area contributed by atoms with E-state index in [4.69, 9.17) is 4.74 Å². The van der Waals surface area contributed by atoms with Gasteiger partial charge in [-0.15, -0.1) is 0 Å². The van der Waals surface area contributed by atoms with E-state index >= 15 is 0 Å². The molecule has 2 aliphatic carbocycles. The zero-order valence-corrected chi connectivity index (χ0v) is 18.3. The van der Waals surface area contributed by atoms with Gasteiger partial charge in [0.2, 0.25) is 5.91 Å². The van der Waals surface area contributed by atoms with Gasteiger partial charge in [0, 0.05) is 12.3 Å². The van der Waals surface area contributed by atoms with Crippen LogP contribution in [0.15, 0.2) is 48.5 Å². The van der Waals surface area contributed by atoms with E-state index in [1.54, 1.807) is 6.92 Å². The molecule has 1 atom stereocenters. The van der Waals surface area contributed by atoms with E-state index in [1.807, 2.05) is 24.3 Å². The van der Waals surface area contributed by atoms with Crippen LogP contribution in [-0.2, 0) is 14.3 Å². The van der Waals surface area contributed by atoms with Crippen LogP contribution in [0.25, 0.3) is 11.1 Å². The zero-order valence-electron chi connectivity index (χ0n) is 18.3. The Bertz CT molecular complexity index is 1020. The predicted molar refractivity (Wildman–Crippen MR) is 119 cm³/mol. The molecule has 1 unspecified atom stereocenters. The van der Waals surface area contributed by atoms with Crippen molar-refractivity contribution in [2.24, 2.45) is 0 Å². The minimum atomic E-state index is -1.32. The van der Waals surface area contributed by atoms with Gasteiger partial charge in [0.05, 0.1) is 5.54 Å². The summed E-state index contributed by atoms with van der Waals surface area (Å²) in [6, 6.07) is 16.2. The third-order valence-corrected chi connectivity index (χ3v) is 6.66. The summed E-state index contributed by atoms with van der Waals surface area (Å²) < 4.78 is 5.58. The van der Waals surface area contributed by atoms with Crippen LogP contribution >= 0.6 is 0 Å². The van der Waals surface area contributed by atoms with Gasteiger partial charge in [0.15, 0.2) is 0 Å². The molecule has 2 aliphatic rings. The van der Waals surface area contributed by atoms with Crippen molar-refractivity contribution in [1.29, 1.82) is 0 Å². The molecule has 1 saturated carbocycles. The molecule has 2 aromatic rings. The highest BCUT2D eigenvalue weighted by molar-refractivity contribution is 5.87. The molecule has 4 rings (SSSR count). The van der Waals surface area contributed by atoms with E-state index in [9.17, 15) is 19.5 Å². The summed E-state index contributed by atoms with van der Waals surface area (Å²) in [4.78, 5) is 36.4. The maximum Gasteiger partial charge on any atom is 0.407 e. The van der Waals surface area contributed by atoms with Crippen molar-refractivity contribution in [2.45, 2.75) is 56.5 Å². The molecule has 0 aromatic heterocycles. The van der Waals surface area contributed by atoms with Crippen molar-refractivity contribution in [3.63, 3.8) is 0 Å². The lowest BCUT2D eigenvalue weighted by molar-refractivity contribution is -0.147. The topological polar surface area (TPSA) is 105 Å². The SMILES string of the molecule is CCC(C)(NC(=O)CC1(NC(=O)OCC2c3ccccc3-c3ccccc32)CC1)C(=O)O. The maximum absolute atomic E-state index is 12.6. The highest BCUT2D eigenvalue weighted by Crippen LogP contribution is 2.44. The fraction of sp³-hybridized carbons (Fsp3) is 0.400. The van der Waals surface area contributed by atoms with Gasteiger partial charge in [-0.3, -0.25) is 4.79 Å². The number of nitrogens with one attached hydrogen (secondary N) is 2. The quantitative estimate of drug-likeness (QED) is 0.584. The summed E-state index contributed by atoms with van der Waals surface area (Å²) in [5.74, 6) is -1.51. The van der Waals surface area contributed by atoms with Crippen molar-refractivity contribution < 1.29 is 24.2 Å². The molecule has 3 N–H and O–H groups in total. The van der Waals surface area contributed by atoms with Crippen LogP contribution in [0, 0.1) is 0 Å². The number of hydrogen-bond donors (Lipinski definition) is 3. The van der Waals surface area contributed by atoms with Crippen LogP contribution in [0.5, 0.6) is 0 Å². The predicted octanol–water partition coefficient (Wildman–Crippen LogP) is 3.82. The van der Waals surface area contributed by atoms with Crippen molar-refractivity contribution in [3.8, 4) is 11.1 Å². The third kappa shape index (κ3) is 4.20. The minimum Gasteiger partial charge on any atom is -0.480 e. The molecule has 0 saturated heterocycles. The number of benzene rings is 2. The Morgan fingerprint density at radius 3 is 2.12 bits per heavy atom. The largest absolute Gasteiger partial charge is 0.480 e. The molecular weight excluding hydrogens is 408 g/mol.